The molecule has 0 fully saturated rings. The third-order valence-corrected chi connectivity index (χ3v) is 3.16. The van der Waals surface area contributed by atoms with Crippen LogP contribution < -0.4 is 0 Å². The van der Waals surface area contributed by atoms with Crippen LogP contribution >= 0.6 is 0 Å². The Labute approximate surface area is 116 Å². The number of para-hydroxylation sites is 2. The summed E-state index contributed by atoms with van der Waals surface area (Å²) >= 11 is 0. The van der Waals surface area contributed by atoms with Crippen LogP contribution in [-0.4, -0.2) is 23.0 Å². The number of carbonyl (C=O) groups is 1. The highest BCUT2D eigenvalue weighted by Crippen LogP contribution is 2.23. The van der Waals surface area contributed by atoms with Gasteiger partial charge in [-0.05, 0) is 42.8 Å². The monoisotopic (exact) mass is 266 g/mol. The third-order valence-electron chi connectivity index (χ3n) is 3.16. The first kappa shape index (κ1) is 12.4. The van der Waals surface area contributed by atoms with Gasteiger partial charge in [0.2, 0.25) is 0 Å². The number of ether oxygens (including phenoxy) is 1. The highest BCUT2D eigenvalue weighted by molar-refractivity contribution is 5.91. The molecule has 0 saturated heterocycles. The van der Waals surface area contributed by atoms with E-state index in [4.69, 9.17) is 4.74 Å². The number of nitrogens with one attached hydrogen (secondary N) is 1. The second kappa shape index (κ2) is 4.81. The Balaban J connectivity index is 2.13. The number of methoxy groups -OCH3 is 1. The number of aromatic amines is 1. The first-order valence-electron chi connectivity index (χ1n) is 6.32. The van der Waals surface area contributed by atoms with Gasteiger partial charge in [-0.15, -0.1) is 0 Å². The number of fused-ring (bicyclic) bond motifs is 1. The molecule has 0 amide bonds. The van der Waals surface area contributed by atoms with E-state index in [0.29, 0.717) is 5.56 Å². The molecule has 4 heteroatoms. The Hall–Kier alpha value is -2.62. The van der Waals surface area contributed by atoms with Crippen molar-refractivity contribution in [3.63, 3.8) is 0 Å². The predicted octanol–water partition coefficient (Wildman–Crippen LogP) is 3.32. The van der Waals surface area contributed by atoms with Gasteiger partial charge in [0.15, 0.2) is 0 Å². The van der Waals surface area contributed by atoms with Crippen LogP contribution in [0.25, 0.3) is 22.4 Å². The number of carbonyl (C=O) groups excluding carboxylic acids is 1. The topological polar surface area (TPSA) is 55.0 Å². The molecule has 1 aromatic heterocycles. The zero-order valence-electron chi connectivity index (χ0n) is 11.3. The van der Waals surface area contributed by atoms with Crippen LogP contribution in [0.1, 0.15) is 15.9 Å². The van der Waals surface area contributed by atoms with Crippen LogP contribution in [0.2, 0.25) is 0 Å². The SMILES string of the molecule is COC(=O)c1cc(C)cc(-c2nc3ccccc3[nH]2)c1. The van der Waals surface area contributed by atoms with Gasteiger partial charge in [-0.1, -0.05) is 12.1 Å². The lowest BCUT2D eigenvalue weighted by atomic mass is 10.1. The van der Waals surface area contributed by atoms with Crippen molar-refractivity contribution < 1.29 is 9.53 Å². The molecule has 20 heavy (non-hydrogen) atoms. The van der Waals surface area contributed by atoms with E-state index in [1.807, 2.05) is 37.3 Å². The zero-order valence-corrected chi connectivity index (χ0v) is 11.3. The summed E-state index contributed by atoms with van der Waals surface area (Å²) in [7, 11) is 1.38. The third kappa shape index (κ3) is 2.16. The maximum atomic E-state index is 11.7. The summed E-state index contributed by atoms with van der Waals surface area (Å²) in [6.45, 7) is 1.94. The van der Waals surface area contributed by atoms with Crippen LogP contribution in [-0.2, 0) is 4.74 Å². The van der Waals surface area contributed by atoms with Crippen molar-refractivity contribution in [2.75, 3.05) is 7.11 Å². The van der Waals surface area contributed by atoms with Crippen molar-refractivity contribution in [2.45, 2.75) is 6.92 Å². The zero-order chi connectivity index (χ0) is 14.1. The number of rotatable bonds is 2. The number of aromatic nitrogens is 2. The highest BCUT2D eigenvalue weighted by atomic mass is 16.5. The summed E-state index contributed by atoms with van der Waals surface area (Å²) in [5, 5.41) is 0. The number of benzene rings is 2. The van der Waals surface area contributed by atoms with E-state index in [2.05, 4.69) is 9.97 Å². The molecule has 1 N–H and O–H groups in total. The fraction of sp³-hybridized carbons (Fsp3) is 0.125. The van der Waals surface area contributed by atoms with Gasteiger partial charge in [-0.2, -0.15) is 0 Å². The smallest absolute Gasteiger partial charge is 0.337 e. The number of imidazole rings is 1. The van der Waals surface area contributed by atoms with Crippen molar-refractivity contribution in [2.24, 2.45) is 0 Å². The number of nitrogens with zero attached hydrogens (tertiary/aromatic N) is 1. The molecule has 4 nitrogen and oxygen atoms in total. The van der Waals surface area contributed by atoms with Crippen LogP contribution in [0.5, 0.6) is 0 Å². The second-order valence-electron chi connectivity index (χ2n) is 4.68. The van der Waals surface area contributed by atoms with Crippen molar-refractivity contribution in [1.29, 1.82) is 0 Å². The lowest BCUT2D eigenvalue weighted by Gasteiger charge is -2.04. The number of H-pyrrole nitrogens is 1. The van der Waals surface area contributed by atoms with Gasteiger partial charge in [0.1, 0.15) is 5.82 Å². The maximum absolute atomic E-state index is 11.7. The van der Waals surface area contributed by atoms with Gasteiger partial charge < -0.3 is 9.72 Å². The van der Waals surface area contributed by atoms with Gasteiger partial charge in [0.05, 0.1) is 23.7 Å². The van der Waals surface area contributed by atoms with Gasteiger partial charge in [-0.25, -0.2) is 9.78 Å². The van der Waals surface area contributed by atoms with Crippen molar-refractivity contribution in [1.82, 2.24) is 9.97 Å². The Bertz CT molecular complexity index is 757. The lowest BCUT2D eigenvalue weighted by Crippen LogP contribution is -2.02. The summed E-state index contributed by atoms with van der Waals surface area (Å²) in [6, 6.07) is 13.4. The van der Waals surface area contributed by atoms with Crippen molar-refractivity contribution in [3.05, 3.63) is 53.6 Å². The Kier molecular flexibility index (Phi) is 2.99. The molecule has 3 aromatic rings. The first-order chi connectivity index (χ1) is 9.67. The van der Waals surface area contributed by atoms with Crippen molar-refractivity contribution in [3.8, 4) is 11.4 Å². The number of hydrogen-bond donors (Lipinski definition) is 1. The highest BCUT2D eigenvalue weighted by Gasteiger charge is 2.11. The van der Waals surface area contributed by atoms with Crippen LogP contribution in [0, 0.1) is 6.92 Å². The maximum Gasteiger partial charge on any atom is 0.337 e. The molecule has 1 heterocycles. The second-order valence-corrected chi connectivity index (χ2v) is 4.68. The van der Waals surface area contributed by atoms with Gasteiger partial charge in [0.25, 0.3) is 0 Å². The van der Waals surface area contributed by atoms with E-state index in [0.717, 1.165) is 28.0 Å². The largest absolute Gasteiger partial charge is 0.465 e. The summed E-state index contributed by atoms with van der Waals surface area (Å²) in [6.07, 6.45) is 0. The molecule has 0 aliphatic rings. The van der Waals surface area contributed by atoms with Crippen LogP contribution in [0.3, 0.4) is 0 Å². The standard InChI is InChI=1S/C16H14N2O2/c1-10-7-11(9-12(8-10)16(19)20-2)15-17-13-5-3-4-6-14(13)18-15/h3-9H,1-2H3,(H,17,18). The molecule has 0 saturated carbocycles. The molecule has 100 valence electrons. The van der Waals surface area contributed by atoms with E-state index in [1.165, 1.54) is 7.11 Å². The van der Waals surface area contributed by atoms with Gasteiger partial charge in [-0.3, -0.25) is 0 Å². The predicted molar refractivity (Wildman–Crippen MR) is 77.6 cm³/mol. The van der Waals surface area contributed by atoms with Crippen LogP contribution in [0.15, 0.2) is 42.5 Å². The van der Waals surface area contributed by atoms with Crippen LogP contribution in [0.4, 0.5) is 0 Å². The molecule has 0 bridgehead atoms. The van der Waals surface area contributed by atoms with Crippen molar-refractivity contribution >= 4 is 17.0 Å². The quantitative estimate of drug-likeness (QED) is 0.724. The normalized spacial score (nSPS) is 10.7. The van der Waals surface area contributed by atoms with E-state index in [1.54, 1.807) is 12.1 Å². The Morgan fingerprint density at radius 1 is 1.20 bits per heavy atom. The average molecular weight is 266 g/mol. The minimum atomic E-state index is -0.342. The van der Waals surface area contributed by atoms with E-state index in [9.17, 15) is 4.79 Å². The molecular formula is C16H14N2O2. The lowest BCUT2D eigenvalue weighted by molar-refractivity contribution is 0.0600. The Morgan fingerprint density at radius 3 is 2.75 bits per heavy atom. The molecule has 2 aromatic carbocycles. The van der Waals surface area contributed by atoms with E-state index in [-0.39, 0.29) is 5.97 Å². The number of hydrogen-bond acceptors (Lipinski definition) is 3. The van der Waals surface area contributed by atoms with Gasteiger partial charge in [0, 0.05) is 5.56 Å². The average Bonchev–Trinajstić information content (AvgIpc) is 2.89. The summed E-state index contributed by atoms with van der Waals surface area (Å²) in [4.78, 5) is 19.5. The minimum absolute atomic E-state index is 0.342. The number of aryl methyl sites for hydroxylation is 1. The fourth-order valence-electron chi connectivity index (χ4n) is 2.25. The molecule has 0 spiro atoms. The molecule has 0 atom stereocenters. The fourth-order valence-corrected chi connectivity index (χ4v) is 2.25. The van der Waals surface area contributed by atoms with Gasteiger partial charge >= 0.3 is 5.97 Å². The van der Waals surface area contributed by atoms with E-state index >= 15 is 0 Å². The van der Waals surface area contributed by atoms with E-state index < -0.39 is 0 Å². The summed E-state index contributed by atoms with van der Waals surface area (Å²) in [5.74, 6) is 0.408. The molecule has 0 radical (unpaired) electrons. The summed E-state index contributed by atoms with van der Waals surface area (Å²) < 4.78 is 4.77. The molecule has 0 aliphatic heterocycles. The molecule has 0 unspecified atom stereocenters. The molecule has 3 rings (SSSR count). The molecule has 0 aliphatic carbocycles. The minimum Gasteiger partial charge on any atom is -0.465 e. The summed E-state index contributed by atoms with van der Waals surface area (Å²) in [5.41, 5.74) is 4.28. The number of esters is 1. The first-order valence-corrected chi connectivity index (χ1v) is 6.32. The molecular weight excluding hydrogens is 252 g/mol. The Morgan fingerprint density at radius 2 is 2.00 bits per heavy atom.